The Bertz CT molecular complexity index is 909. The van der Waals surface area contributed by atoms with E-state index in [-0.39, 0.29) is 5.56 Å². The predicted octanol–water partition coefficient (Wildman–Crippen LogP) is 4.42. The lowest BCUT2D eigenvalue weighted by Crippen LogP contribution is -2.27. The molecule has 1 N–H and O–H groups in total. The highest BCUT2D eigenvalue weighted by molar-refractivity contribution is 5.50. The Morgan fingerprint density at radius 1 is 1.26 bits per heavy atom. The van der Waals surface area contributed by atoms with Crippen LogP contribution in [0.15, 0.2) is 53.5 Å². The summed E-state index contributed by atoms with van der Waals surface area (Å²) in [5, 5.41) is 16.7. The Balaban J connectivity index is 1.68. The fourth-order valence-electron chi connectivity index (χ4n) is 3.54. The maximum absolute atomic E-state index is 12.2. The van der Waals surface area contributed by atoms with Gasteiger partial charge in [-0.1, -0.05) is 20.4 Å². The number of nitrogens with one attached hydrogen (secondary N) is 1. The molecule has 0 radical (unpaired) electrons. The molecule has 1 aliphatic carbocycles. The number of hydrogen-bond acceptors (Lipinski definition) is 4. The zero-order valence-electron chi connectivity index (χ0n) is 16.0. The molecule has 1 aromatic heterocycles. The van der Waals surface area contributed by atoms with Crippen molar-refractivity contribution in [1.29, 1.82) is 5.26 Å². The first-order valence-electron chi connectivity index (χ1n) is 9.39. The monoisotopic (exact) mass is 362 g/mol. The van der Waals surface area contributed by atoms with E-state index in [0.717, 1.165) is 24.2 Å². The SMILES string of the molecule is C=C(Cn1nc(C2CCC(C)(C)CC2)ccc1=O)Nc1ccc(C#N)cc1. The van der Waals surface area contributed by atoms with Gasteiger partial charge in [0.05, 0.1) is 23.9 Å². The summed E-state index contributed by atoms with van der Waals surface area (Å²) in [4.78, 5) is 12.2. The van der Waals surface area contributed by atoms with Gasteiger partial charge in [-0.2, -0.15) is 10.4 Å². The second-order valence-electron chi connectivity index (χ2n) is 8.11. The van der Waals surface area contributed by atoms with E-state index in [2.05, 4.69) is 36.9 Å². The highest BCUT2D eigenvalue weighted by atomic mass is 16.1. The third kappa shape index (κ3) is 4.85. The standard InChI is InChI=1S/C22H26N4O/c1-16(24-19-6-4-17(14-23)5-7-19)15-26-21(27)9-8-20(25-26)18-10-12-22(2,3)13-11-18/h4-9,18,24H,1,10-13,15H2,2-3H3. The molecule has 0 aliphatic heterocycles. The molecule has 0 unspecified atom stereocenters. The molecular formula is C22H26N4O. The molecule has 2 aromatic rings. The molecule has 0 atom stereocenters. The molecule has 140 valence electrons. The van der Waals surface area contributed by atoms with Crippen molar-refractivity contribution in [1.82, 2.24) is 9.78 Å². The van der Waals surface area contributed by atoms with Crippen molar-refractivity contribution in [2.75, 3.05) is 5.32 Å². The van der Waals surface area contributed by atoms with Crippen LogP contribution in [0.5, 0.6) is 0 Å². The molecule has 5 heteroatoms. The van der Waals surface area contributed by atoms with Crippen LogP contribution in [-0.4, -0.2) is 9.78 Å². The quantitative estimate of drug-likeness (QED) is 0.854. The van der Waals surface area contributed by atoms with E-state index in [4.69, 9.17) is 5.26 Å². The van der Waals surface area contributed by atoms with Crippen LogP contribution < -0.4 is 10.9 Å². The van der Waals surface area contributed by atoms with Crippen LogP contribution in [0.25, 0.3) is 0 Å². The maximum atomic E-state index is 12.2. The predicted molar refractivity (Wildman–Crippen MR) is 107 cm³/mol. The first-order chi connectivity index (χ1) is 12.9. The zero-order valence-corrected chi connectivity index (χ0v) is 16.0. The van der Waals surface area contributed by atoms with Crippen LogP contribution in [0.3, 0.4) is 0 Å². The van der Waals surface area contributed by atoms with Gasteiger partial charge in [0, 0.05) is 23.4 Å². The minimum Gasteiger partial charge on any atom is -0.358 e. The average Bonchev–Trinajstić information content (AvgIpc) is 2.64. The van der Waals surface area contributed by atoms with Crippen LogP contribution >= 0.6 is 0 Å². The molecule has 1 fully saturated rings. The molecular weight excluding hydrogens is 336 g/mol. The van der Waals surface area contributed by atoms with Gasteiger partial charge < -0.3 is 5.32 Å². The number of nitriles is 1. The molecule has 1 saturated carbocycles. The second-order valence-corrected chi connectivity index (χ2v) is 8.11. The average molecular weight is 362 g/mol. The fraction of sp³-hybridized carbons (Fsp3) is 0.409. The summed E-state index contributed by atoms with van der Waals surface area (Å²) >= 11 is 0. The maximum Gasteiger partial charge on any atom is 0.267 e. The van der Waals surface area contributed by atoms with Gasteiger partial charge in [0.2, 0.25) is 0 Å². The Hall–Kier alpha value is -2.87. The highest BCUT2D eigenvalue weighted by Crippen LogP contribution is 2.41. The van der Waals surface area contributed by atoms with Crippen LogP contribution in [0.4, 0.5) is 5.69 Å². The van der Waals surface area contributed by atoms with Crippen molar-refractivity contribution in [3.8, 4) is 6.07 Å². The summed E-state index contributed by atoms with van der Waals surface area (Å²) in [6, 6.07) is 12.7. The van der Waals surface area contributed by atoms with Crippen LogP contribution in [0.2, 0.25) is 0 Å². The van der Waals surface area contributed by atoms with Gasteiger partial charge in [-0.15, -0.1) is 0 Å². The van der Waals surface area contributed by atoms with E-state index >= 15 is 0 Å². The summed E-state index contributed by atoms with van der Waals surface area (Å²) in [5.74, 6) is 0.421. The van der Waals surface area contributed by atoms with E-state index in [1.54, 1.807) is 18.2 Å². The molecule has 5 nitrogen and oxygen atoms in total. The minimum atomic E-state index is -0.127. The first kappa shape index (κ1) is 18.9. The third-order valence-corrected chi connectivity index (χ3v) is 5.32. The largest absolute Gasteiger partial charge is 0.358 e. The van der Waals surface area contributed by atoms with Crippen molar-refractivity contribution in [3.05, 3.63) is 70.3 Å². The van der Waals surface area contributed by atoms with Gasteiger partial charge in [0.25, 0.3) is 5.56 Å². The number of aromatic nitrogens is 2. The van der Waals surface area contributed by atoms with Crippen LogP contribution in [0, 0.1) is 16.7 Å². The zero-order chi connectivity index (χ0) is 19.4. The molecule has 1 aromatic carbocycles. The van der Waals surface area contributed by atoms with E-state index in [0.29, 0.717) is 29.1 Å². The number of nitrogens with zero attached hydrogens (tertiary/aromatic N) is 3. The van der Waals surface area contributed by atoms with Gasteiger partial charge in [-0.05, 0) is 61.4 Å². The van der Waals surface area contributed by atoms with Crippen molar-refractivity contribution >= 4 is 5.69 Å². The first-order valence-corrected chi connectivity index (χ1v) is 9.39. The van der Waals surface area contributed by atoms with Gasteiger partial charge in [0.15, 0.2) is 0 Å². The summed E-state index contributed by atoms with van der Waals surface area (Å²) in [7, 11) is 0. The molecule has 1 aliphatic rings. The number of benzene rings is 1. The van der Waals surface area contributed by atoms with Gasteiger partial charge in [-0.25, -0.2) is 4.68 Å². The summed E-state index contributed by atoms with van der Waals surface area (Å²) in [5.41, 5.74) is 3.39. The summed E-state index contributed by atoms with van der Waals surface area (Å²) < 4.78 is 1.48. The van der Waals surface area contributed by atoms with Gasteiger partial charge in [-0.3, -0.25) is 4.79 Å². The van der Waals surface area contributed by atoms with E-state index in [1.165, 1.54) is 17.5 Å². The Morgan fingerprint density at radius 3 is 2.56 bits per heavy atom. The van der Waals surface area contributed by atoms with E-state index in [1.807, 2.05) is 18.2 Å². The minimum absolute atomic E-state index is 0.127. The highest BCUT2D eigenvalue weighted by Gasteiger charge is 2.28. The molecule has 27 heavy (non-hydrogen) atoms. The van der Waals surface area contributed by atoms with Crippen molar-refractivity contribution < 1.29 is 0 Å². The lowest BCUT2D eigenvalue weighted by Gasteiger charge is -2.34. The molecule has 0 bridgehead atoms. The van der Waals surface area contributed by atoms with Crippen LogP contribution in [-0.2, 0) is 6.54 Å². The van der Waals surface area contributed by atoms with Crippen LogP contribution in [0.1, 0.15) is 56.7 Å². The van der Waals surface area contributed by atoms with Crippen molar-refractivity contribution in [2.45, 2.75) is 52.0 Å². The number of hydrogen-bond donors (Lipinski definition) is 1. The summed E-state index contributed by atoms with van der Waals surface area (Å²) in [6.07, 6.45) is 4.60. The molecule has 1 heterocycles. The van der Waals surface area contributed by atoms with Gasteiger partial charge >= 0.3 is 0 Å². The number of rotatable bonds is 5. The summed E-state index contributed by atoms with van der Waals surface area (Å²) in [6.45, 7) is 8.96. The number of allylic oxidation sites excluding steroid dienone is 1. The Morgan fingerprint density at radius 2 is 1.93 bits per heavy atom. The number of anilines is 1. The second kappa shape index (κ2) is 7.79. The van der Waals surface area contributed by atoms with Crippen molar-refractivity contribution in [3.63, 3.8) is 0 Å². The third-order valence-electron chi connectivity index (χ3n) is 5.32. The van der Waals surface area contributed by atoms with E-state index in [9.17, 15) is 4.79 Å². The Labute approximate surface area is 160 Å². The normalized spacial score (nSPS) is 16.5. The molecule has 0 amide bonds. The lowest BCUT2D eigenvalue weighted by atomic mass is 9.72. The fourth-order valence-corrected chi connectivity index (χ4v) is 3.54. The van der Waals surface area contributed by atoms with Crippen molar-refractivity contribution in [2.24, 2.45) is 5.41 Å². The smallest absolute Gasteiger partial charge is 0.267 e. The molecule has 0 saturated heterocycles. The lowest BCUT2D eigenvalue weighted by molar-refractivity contribution is 0.221. The molecule has 3 rings (SSSR count). The van der Waals surface area contributed by atoms with Gasteiger partial charge in [0.1, 0.15) is 0 Å². The topological polar surface area (TPSA) is 70.7 Å². The Kier molecular flexibility index (Phi) is 5.46. The molecule has 0 spiro atoms. The van der Waals surface area contributed by atoms with E-state index < -0.39 is 0 Å².